The number of benzene rings is 2. The van der Waals surface area contributed by atoms with E-state index in [-0.39, 0.29) is 30.0 Å². The van der Waals surface area contributed by atoms with Crippen LogP contribution in [0.1, 0.15) is 45.2 Å². The van der Waals surface area contributed by atoms with Crippen molar-refractivity contribution in [3.05, 3.63) is 78.4 Å². The summed E-state index contributed by atoms with van der Waals surface area (Å²) in [4.78, 5) is 24.2. The number of nitrogens with one attached hydrogen (secondary N) is 2. The number of rotatable bonds is 8. The number of hydrogen-bond acceptors (Lipinski definition) is 4. The fourth-order valence-corrected chi connectivity index (χ4v) is 7.31. The van der Waals surface area contributed by atoms with Gasteiger partial charge in [0, 0.05) is 17.3 Å². The summed E-state index contributed by atoms with van der Waals surface area (Å²) in [6.45, 7) is 10.9. The second kappa shape index (κ2) is 9.72. The number of amides is 2. The van der Waals surface area contributed by atoms with Crippen LogP contribution < -0.4 is 10.6 Å². The molecule has 1 heterocycles. The van der Waals surface area contributed by atoms with Crippen molar-refractivity contribution in [2.75, 3.05) is 5.32 Å². The van der Waals surface area contributed by atoms with Gasteiger partial charge in [0.25, 0.3) is 0 Å². The predicted octanol–water partition coefficient (Wildman–Crippen LogP) is 3.63. The first kappa shape index (κ1) is 25.6. The molecule has 1 aliphatic rings. The average Bonchev–Trinajstić information content (AvgIpc) is 2.93. The molecule has 0 radical (unpaired) electrons. The maximum Gasteiger partial charge on any atom is 0.243 e. The number of carbonyl (C=O) groups is 2. The molecule has 2 amide bonds. The van der Waals surface area contributed by atoms with E-state index in [0.717, 1.165) is 5.56 Å². The molecule has 7 nitrogen and oxygen atoms in total. The molecule has 2 aromatic rings. The van der Waals surface area contributed by atoms with Gasteiger partial charge in [0.05, 0.1) is 17.7 Å². The van der Waals surface area contributed by atoms with Crippen LogP contribution in [0.15, 0.2) is 67.3 Å². The SMILES string of the molecule is C=CC(=O)NC1CC(C)(C)N(S(=O)(=O)Cc2ccc(NC(=O)Cc3ccccc3)cc2)C1(C)C. The molecule has 1 aliphatic heterocycles. The highest BCUT2D eigenvalue weighted by molar-refractivity contribution is 7.88. The minimum absolute atomic E-state index is 0.139. The molecule has 1 atom stereocenters. The van der Waals surface area contributed by atoms with E-state index < -0.39 is 21.1 Å². The summed E-state index contributed by atoms with van der Waals surface area (Å²) in [6.07, 6.45) is 1.95. The molecule has 8 heteroatoms. The molecule has 0 aromatic heterocycles. The molecule has 1 fully saturated rings. The van der Waals surface area contributed by atoms with Crippen LogP contribution in [0.5, 0.6) is 0 Å². The van der Waals surface area contributed by atoms with Crippen molar-refractivity contribution in [3.63, 3.8) is 0 Å². The van der Waals surface area contributed by atoms with Crippen molar-refractivity contribution in [2.24, 2.45) is 0 Å². The number of nitrogens with zero attached hydrogens (tertiary/aromatic N) is 1. The molecule has 0 spiro atoms. The fourth-order valence-electron chi connectivity index (χ4n) is 4.89. The zero-order valence-electron chi connectivity index (χ0n) is 20.2. The van der Waals surface area contributed by atoms with E-state index in [9.17, 15) is 18.0 Å². The molecule has 1 unspecified atom stereocenters. The van der Waals surface area contributed by atoms with Crippen molar-refractivity contribution in [1.82, 2.24) is 9.62 Å². The van der Waals surface area contributed by atoms with Gasteiger partial charge in [-0.15, -0.1) is 0 Å². The minimum atomic E-state index is -3.71. The Hall–Kier alpha value is -2.97. The quantitative estimate of drug-likeness (QED) is 0.561. The van der Waals surface area contributed by atoms with Crippen LogP contribution >= 0.6 is 0 Å². The Morgan fingerprint density at radius 2 is 1.65 bits per heavy atom. The highest BCUT2D eigenvalue weighted by atomic mass is 32.2. The lowest BCUT2D eigenvalue weighted by Gasteiger charge is -2.40. The van der Waals surface area contributed by atoms with Crippen molar-refractivity contribution in [2.45, 2.75) is 63.4 Å². The largest absolute Gasteiger partial charge is 0.348 e. The summed E-state index contributed by atoms with van der Waals surface area (Å²) in [7, 11) is -3.71. The van der Waals surface area contributed by atoms with E-state index in [4.69, 9.17) is 0 Å². The van der Waals surface area contributed by atoms with Crippen LogP contribution in [0.2, 0.25) is 0 Å². The number of hydrogen-bond donors (Lipinski definition) is 2. The van der Waals surface area contributed by atoms with E-state index in [1.807, 2.05) is 58.0 Å². The number of sulfonamides is 1. The van der Waals surface area contributed by atoms with Gasteiger partial charge in [-0.1, -0.05) is 49.0 Å². The van der Waals surface area contributed by atoms with Gasteiger partial charge in [0.2, 0.25) is 21.8 Å². The van der Waals surface area contributed by atoms with Crippen LogP contribution in [0.25, 0.3) is 0 Å². The third kappa shape index (κ3) is 5.74. The first-order valence-corrected chi connectivity index (χ1v) is 12.8. The molecule has 2 N–H and O–H groups in total. The second-order valence-electron chi connectivity index (χ2n) is 9.86. The zero-order valence-corrected chi connectivity index (χ0v) is 21.0. The number of anilines is 1. The smallest absolute Gasteiger partial charge is 0.243 e. The Morgan fingerprint density at radius 3 is 2.24 bits per heavy atom. The topological polar surface area (TPSA) is 95.6 Å². The van der Waals surface area contributed by atoms with E-state index in [1.165, 1.54) is 10.4 Å². The zero-order chi connectivity index (χ0) is 25.1. The Balaban J connectivity index is 1.71. The summed E-state index contributed by atoms with van der Waals surface area (Å²) >= 11 is 0. The van der Waals surface area contributed by atoms with Gasteiger partial charge >= 0.3 is 0 Å². The monoisotopic (exact) mass is 483 g/mol. The van der Waals surface area contributed by atoms with Crippen molar-refractivity contribution >= 4 is 27.5 Å². The highest BCUT2D eigenvalue weighted by Gasteiger charge is 2.56. The lowest BCUT2D eigenvalue weighted by Crippen LogP contribution is -2.56. The van der Waals surface area contributed by atoms with Crippen molar-refractivity contribution < 1.29 is 18.0 Å². The fraction of sp³-hybridized carbons (Fsp3) is 0.385. The van der Waals surface area contributed by atoms with Gasteiger partial charge < -0.3 is 10.6 Å². The third-order valence-electron chi connectivity index (χ3n) is 6.20. The van der Waals surface area contributed by atoms with E-state index in [1.54, 1.807) is 24.3 Å². The van der Waals surface area contributed by atoms with Gasteiger partial charge in [-0.2, -0.15) is 4.31 Å². The molecule has 34 heavy (non-hydrogen) atoms. The Kier molecular flexibility index (Phi) is 7.33. The molecular weight excluding hydrogens is 450 g/mol. The maximum absolute atomic E-state index is 13.5. The van der Waals surface area contributed by atoms with Crippen molar-refractivity contribution in [3.8, 4) is 0 Å². The van der Waals surface area contributed by atoms with Crippen LogP contribution in [0.4, 0.5) is 5.69 Å². The average molecular weight is 484 g/mol. The molecule has 0 bridgehead atoms. The van der Waals surface area contributed by atoms with Crippen LogP contribution in [0, 0.1) is 0 Å². The molecule has 0 aliphatic carbocycles. The van der Waals surface area contributed by atoms with Gasteiger partial charge in [0.1, 0.15) is 0 Å². The normalized spacial score (nSPS) is 19.4. The molecule has 182 valence electrons. The lowest BCUT2D eigenvalue weighted by molar-refractivity contribution is -0.117. The predicted molar refractivity (Wildman–Crippen MR) is 135 cm³/mol. The van der Waals surface area contributed by atoms with E-state index >= 15 is 0 Å². The first-order chi connectivity index (χ1) is 15.8. The van der Waals surface area contributed by atoms with Gasteiger partial charge in [-0.25, -0.2) is 8.42 Å². The summed E-state index contributed by atoms with van der Waals surface area (Å²) in [6, 6.07) is 16.0. The Bertz CT molecular complexity index is 1160. The summed E-state index contributed by atoms with van der Waals surface area (Å²) in [5.41, 5.74) is 0.655. The second-order valence-corrected chi connectivity index (χ2v) is 11.7. The van der Waals surface area contributed by atoms with E-state index in [2.05, 4.69) is 17.2 Å². The maximum atomic E-state index is 13.5. The highest BCUT2D eigenvalue weighted by Crippen LogP contribution is 2.43. The standard InChI is InChI=1S/C26H33N3O4S/c1-6-23(30)28-22-17-25(2,3)29(26(22,4)5)34(32,33)18-20-12-14-21(15-13-20)27-24(31)16-19-10-8-7-9-11-19/h6-15,22H,1,16-18H2,2-5H3,(H,27,31)(H,28,30). The molecule has 0 saturated carbocycles. The molecule has 2 aromatic carbocycles. The first-order valence-electron chi connectivity index (χ1n) is 11.2. The molecule has 1 saturated heterocycles. The van der Waals surface area contributed by atoms with Gasteiger partial charge in [0.15, 0.2) is 0 Å². The van der Waals surface area contributed by atoms with Crippen molar-refractivity contribution in [1.29, 1.82) is 0 Å². The number of carbonyl (C=O) groups excluding carboxylic acids is 2. The summed E-state index contributed by atoms with van der Waals surface area (Å²) in [5.74, 6) is -0.641. The summed E-state index contributed by atoms with van der Waals surface area (Å²) < 4.78 is 28.6. The molecule has 3 rings (SSSR count). The third-order valence-corrected chi connectivity index (χ3v) is 8.42. The molecular formula is C26H33N3O4S. The summed E-state index contributed by atoms with van der Waals surface area (Å²) in [5, 5.41) is 5.72. The van der Waals surface area contributed by atoms with Gasteiger partial charge in [-0.3, -0.25) is 9.59 Å². The van der Waals surface area contributed by atoms with Crippen LogP contribution in [0.3, 0.4) is 0 Å². The van der Waals surface area contributed by atoms with Crippen LogP contribution in [-0.4, -0.2) is 41.7 Å². The Labute approximate surface area is 202 Å². The lowest BCUT2D eigenvalue weighted by atomic mass is 9.94. The Morgan fingerprint density at radius 1 is 1.03 bits per heavy atom. The minimum Gasteiger partial charge on any atom is -0.348 e. The van der Waals surface area contributed by atoms with E-state index in [0.29, 0.717) is 17.7 Å². The van der Waals surface area contributed by atoms with Gasteiger partial charge in [-0.05, 0) is 63.5 Å². The van der Waals surface area contributed by atoms with Crippen LogP contribution in [-0.2, 0) is 31.8 Å².